The fraction of sp³-hybridized carbons (Fsp3) is 0.304. The summed E-state index contributed by atoms with van der Waals surface area (Å²) in [5.74, 6) is -0.330. The smallest absolute Gasteiger partial charge is 0.329 e. The molecule has 1 aliphatic heterocycles. The molecule has 0 unspecified atom stereocenters. The van der Waals surface area contributed by atoms with Crippen molar-refractivity contribution in [3.05, 3.63) is 65.6 Å². The molecule has 0 aliphatic carbocycles. The lowest BCUT2D eigenvalue weighted by Crippen LogP contribution is -2.30. The molecule has 2 aromatic rings. The summed E-state index contributed by atoms with van der Waals surface area (Å²) in [7, 11) is 0. The number of hydrogen-bond donors (Lipinski definition) is 1. The van der Waals surface area contributed by atoms with Gasteiger partial charge in [-0.05, 0) is 69.7 Å². The summed E-state index contributed by atoms with van der Waals surface area (Å²) in [6.45, 7) is 14.1. The van der Waals surface area contributed by atoms with E-state index in [0.29, 0.717) is 0 Å². The second kappa shape index (κ2) is 8.39. The van der Waals surface area contributed by atoms with Crippen molar-refractivity contribution in [2.75, 3.05) is 24.5 Å². The van der Waals surface area contributed by atoms with Gasteiger partial charge in [-0.25, -0.2) is 4.79 Å². The van der Waals surface area contributed by atoms with E-state index in [1.54, 1.807) is 6.08 Å². The van der Waals surface area contributed by atoms with E-state index in [4.69, 9.17) is 0 Å². The average molecular weight is 393 g/mol. The van der Waals surface area contributed by atoms with E-state index in [1.807, 2.05) is 19.9 Å². The number of carbonyl (C=O) groups excluding carboxylic acids is 2. The minimum atomic E-state index is -0.415. The number of amides is 3. The number of hydrogen-bond acceptors (Lipinski definition) is 3. The van der Waals surface area contributed by atoms with Gasteiger partial charge in [0.05, 0.1) is 0 Å². The maximum absolute atomic E-state index is 12.5. The van der Waals surface area contributed by atoms with E-state index < -0.39 is 6.03 Å². The van der Waals surface area contributed by atoms with Gasteiger partial charge in [0.15, 0.2) is 0 Å². The van der Waals surface area contributed by atoms with E-state index in [-0.39, 0.29) is 18.1 Å². The minimum absolute atomic E-state index is 0.194. The van der Waals surface area contributed by atoms with Crippen LogP contribution in [0, 0.1) is 13.8 Å². The Hall–Kier alpha value is -3.28. The molecule has 1 aliphatic rings. The SMILES string of the molecule is C=CCN1C(=O)N/C(=C/c2cc(C)n(-c3ccc(N(CC)CC)cc3)c2C)C1=O. The molecule has 152 valence electrons. The standard InChI is InChI=1S/C23H28N4O2/c1-6-13-26-22(28)21(24-23(26)29)15-18-14-16(4)27(17(18)5)20-11-9-19(10-12-20)25(7-2)8-3/h6,9-12,14-15H,1,7-8,13H2,2-5H3,(H,24,29)/b21-15+. The molecule has 0 spiro atoms. The molecule has 1 N–H and O–H groups in total. The van der Waals surface area contributed by atoms with Crippen LogP contribution in [0.15, 0.2) is 48.7 Å². The van der Waals surface area contributed by atoms with Crippen molar-refractivity contribution in [3.63, 3.8) is 0 Å². The highest BCUT2D eigenvalue weighted by Crippen LogP contribution is 2.25. The number of rotatable bonds is 7. The Morgan fingerprint density at radius 3 is 2.34 bits per heavy atom. The Kier molecular flexibility index (Phi) is 5.92. The number of anilines is 1. The van der Waals surface area contributed by atoms with E-state index >= 15 is 0 Å². The van der Waals surface area contributed by atoms with Crippen molar-refractivity contribution < 1.29 is 9.59 Å². The normalized spacial score (nSPS) is 15.2. The molecule has 1 aromatic heterocycles. The van der Waals surface area contributed by atoms with Gasteiger partial charge < -0.3 is 14.8 Å². The summed E-state index contributed by atoms with van der Waals surface area (Å²) < 4.78 is 2.15. The monoisotopic (exact) mass is 392 g/mol. The zero-order chi connectivity index (χ0) is 21.1. The molecule has 1 aromatic carbocycles. The molecule has 2 heterocycles. The fourth-order valence-electron chi connectivity index (χ4n) is 3.75. The number of imide groups is 1. The maximum Gasteiger partial charge on any atom is 0.329 e. The first-order valence-corrected chi connectivity index (χ1v) is 9.91. The summed E-state index contributed by atoms with van der Waals surface area (Å²) in [6.07, 6.45) is 3.28. The first-order chi connectivity index (χ1) is 13.9. The number of carbonyl (C=O) groups is 2. The number of benzene rings is 1. The maximum atomic E-state index is 12.5. The summed E-state index contributed by atoms with van der Waals surface area (Å²) in [6, 6.07) is 10.1. The van der Waals surface area contributed by atoms with Crippen molar-refractivity contribution in [3.8, 4) is 5.69 Å². The van der Waals surface area contributed by atoms with Crippen LogP contribution < -0.4 is 10.2 Å². The van der Waals surface area contributed by atoms with Crippen molar-refractivity contribution in [1.82, 2.24) is 14.8 Å². The Morgan fingerprint density at radius 2 is 1.76 bits per heavy atom. The van der Waals surface area contributed by atoms with Crippen molar-refractivity contribution >= 4 is 23.7 Å². The van der Waals surface area contributed by atoms with Crippen LogP contribution in [0.1, 0.15) is 30.8 Å². The molecule has 3 rings (SSSR count). The summed E-state index contributed by atoms with van der Waals surface area (Å²) in [5.41, 5.74) is 5.52. The largest absolute Gasteiger partial charge is 0.372 e. The Labute approximate surface area is 172 Å². The first kappa shape index (κ1) is 20.5. The molecule has 3 amide bonds. The second-order valence-electron chi connectivity index (χ2n) is 7.04. The van der Waals surface area contributed by atoms with Crippen molar-refractivity contribution in [2.24, 2.45) is 0 Å². The average Bonchev–Trinajstić information content (AvgIpc) is 3.13. The van der Waals surface area contributed by atoms with E-state index in [0.717, 1.165) is 40.6 Å². The summed E-state index contributed by atoms with van der Waals surface area (Å²) in [5, 5.41) is 2.65. The third kappa shape index (κ3) is 3.83. The lowest BCUT2D eigenvalue weighted by atomic mass is 10.2. The van der Waals surface area contributed by atoms with Crippen molar-refractivity contribution in [2.45, 2.75) is 27.7 Å². The molecular formula is C23H28N4O2. The quantitative estimate of drug-likeness (QED) is 0.440. The van der Waals surface area contributed by atoms with Gasteiger partial charge in [-0.15, -0.1) is 6.58 Å². The zero-order valence-corrected chi connectivity index (χ0v) is 17.5. The summed E-state index contributed by atoms with van der Waals surface area (Å²) in [4.78, 5) is 27.9. The van der Waals surface area contributed by atoms with Crippen molar-refractivity contribution in [1.29, 1.82) is 0 Å². The van der Waals surface area contributed by atoms with Gasteiger partial charge in [0, 0.05) is 42.4 Å². The van der Waals surface area contributed by atoms with Gasteiger partial charge in [-0.1, -0.05) is 6.08 Å². The number of urea groups is 1. The number of aromatic nitrogens is 1. The predicted octanol–water partition coefficient (Wildman–Crippen LogP) is 4.02. The van der Waals surface area contributed by atoms with Crippen LogP contribution in [-0.2, 0) is 4.79 Å². The number of nitrogens with zero attached hydrogens (tertiary/aromatic N) is 3. The third-order valence-electron chi connectivity index (χ3n) is 5.28. The topological polar surface area (TPSA) is 57.6 Å². The van der Waals surface area contributed by atoms with Gasteiger partial charge in [0.1, 0.15) is 5.70 Å². The highest BCUT2D eigenvalue weighted by molar-refractivity contribution is 6.14. The second-order valence-corrected chi connectivity index (χ2v) is 7.04. The van der Waals surface area contributed by atoms with E-state index in [2.05, 4.69) is 59.5 Å². The molecule has 1 saturated heterocycles. The zero-order valence-electron chi connectivity index (χ0n) is 17.5. The van der Waals surface area contributed by atoms with Crippen LogP contribution in [0.4, 0.5) is 10.5 Å². The van der Waals surface area contributed by atoms with Crippen LogP contribution in [0.25, 0.3) is 11.8 Å². The molecule has 0 saturated carbocycles. The van der Waals surface area contributed by atoms with Crippen LogP contribution in [0.2, 0.25) is 0 Å². The molecule has 0 radical (unpaired) electrons. The van der Waals surface area contributed by atoms with E-state index in [9.17, 15) is 9.59 Å². The Balaban J connectivity index is 1.93. The Bertz CT molecular complexity index is 966. The predicted molar refractivity (Wildman–Crippen MR) is 117 cm³/mol. The molecule has 6 nitrogen and oxygen atoms in total. The third-order valence-corrected chi connectivity index (χ3v) is 5.28. The van der Waals surface area contributed by atoms with Crippen LogP contribution >= 0.6 is 0 Å². The first-order valence-electron chi connectivity index (χ1n) is 9.91. The van der Waals surface area contributed by atoms with Crippen LogP contribution in [-0.4, -0.2) is 41.0 Å². The molecule has 1 fully saturated rings. The van der Waals surface area contributed by atoms with Crippen LogP contribution in [0.5, 0.6) is 0 Å². The molecular weight excluding hydrogens is 364 g/mol. The molecule has 29 heavy (non-hydrogen) atoms. The highest BCUT2D eigenvalue weighted by Gasteiger charge is 2.32. The lowest BCUT2D eigenvalue weighted by Gasteiger charge is -2.21. The van der Waals surface area contributed by atoms with Gasteiger partial charge in [0.2, 0.25) is 0 Å². The van der Waals surface area contributed by atoms with Gasteiger partial charge in [-0.2, -0.15) is 0 Å². The Morgan fingerprint density at radius 1 is 1.10 bits per heavy atom. The minimum Gasteiger partial charge on any atom is -0.372 e. The lowest BCUT2D eigenvalue weighted by molar-refractivity contribution is -0.122. The van der Waals surface area contributed by atoms with Gasteiger partial charge >= 0.3 is 6.03 Å². The van der Waals surface area contributed by atoms with E-state index in [1.165, 1.54) is 11.8 Å². The van der Waals surface area contributed by atoms with Crippen LogP contribution in [0.3, 0.4) is 0 Å². The number of aryl methyl sites for hydroxylation is 1. The van der Waals surface area contributed by atoms with Gasteiger partial charge in [0.25, 0.3) is 5.91 Å². The number of nitrogens with one attached hydrogen (secondary N) is 1. The fourth-order valence-corrected chi connectivity index (χ4v) is 3.75. The molecule has 0 atom stereocenters. The highest BCUT2D eigenvalue weighted by atomic mass is 16.2. The molecule has 0 bridgehead atoms. The molecule has 6 heteroatoms. The van der Waals surface area contributed by atoms with Gasteiger partial charge in [-0.3, -0.25) is 9.69 Å². The summed E-state index contributed by atoms with van der Waals surface area (Å²) >= 11 is 0.